The molecular weight excluding hydrogens is 289 g/mol. The lowest BCUT2D eigenvalue weighted by molar-refractivity contribution is -0.137. The van der Waals surface area contributed by atoms with Crippen molar-refractivity contribution in [1.82, 2.24) is 0 Å². The zero-order chi connectivity index (χ0) is 14.8. The van der Waals surface area contributed by atoms with Crippen molar-refractivity contribution in [3.05, 3.63) is 29.3 Å². The Balaban J connectivity index is 2.23. The molecule has 1 fully saturated rings. The molecule has 1 aromatic carbocycles. The van der Waals surface area contributed by atoms with Crippen LogP contribution >= 0.6 is 12.2 Å². The van der Waals surface area contributed by atoms with Crippen LogP contribution in [-0.2, 0) is 10.9 Å². The van der Waals surface area contributed by atoms with Gasteiger partial charge in [-0.2, -0.15) is 13.2 Å². The first-order valence-corrected chi connectivity index (χ1v) is 6.64. The zero-order valence-electron chi connectivity index (χ0n) is 10.7. The van der Waals surface area contributed by atoms with Crippen molar-refractivity contribution in [1.29, 1.82) is 0 Å². The van der Waals surface area contributed by atoms with Crippen molar-refractivity contribution < 1.29 is 17.9 Å². The van der Waals surface area contributed by atoms with Crippen LogP contribution in [0.25, 0.3) is 0 Å². The Bertz CT molecular complexity index is 499. The zero-order valence-corrected chi connectivity index (χ0v) is 11.5. The van der Waals surface area contributed by atoms with Crippen LogP contribution in [0.4, 0.5) is 18.9 Å². The number of thiocarbonyl (C=S) groups is 1. The third kappa shape index (κ3) is 3.61. The molecule has 1 saturated heterocycles. The van der Waals surface area contributed by atoms with E-state index >= 15 is 0 Å². The number of benzene rings is 1. The molecule has 0 bridgehead atoms. The van der Waals surface area contributed by atoms with E-state index in [1.807, 2.05) is 0 Å². The quantitative estimate of drug-likeness (QED) is 0.843. The van der Waals surface area contributed by atoms with Gasteiger partial charge in [-0.25, -0.2) is 0 Å². The number of anilines is 1. The number of rotatable bonds is 3. The van der Waals surface area contributed by atoms with Crippen molar-refractivity contribution in [3.8, 4) is 0 Å². The number of nitrogens with one attached hydrogen (secondary N) is 1. The monoisotopic (exact) mass is 304 g/mol. The molecule has 3 nitrogen and oxygen atoms in total. The smallest absolute Gasteiger partial charge is 0.389 e. The van der Waals surface area contributed by atoms with E-state index in [0.717, 1.165) is 25.5 Å². The van der Waals surface area contributed by atoms with E-state index in [2.05, 4.69) is 5.32 Å². The molecule has 1 aliphatic heterocycles. The van der Waals surface area contributed by atoms with Crippen molar-refractivity contribution in [3.63, 3.8) is 0 Å². The molecule has 1 aliphatic rings. The van der Waals surface area contributed by atoms with Gasteiger partial charge in [-0.3, -0.25) is 0 Å². The summed E-state index contributed by atoms with van der Waals surface area (Å²) in [7, 11) is 0. The summed E-state index contributed by atoms with van der Waals surface area (Å²) in [6.45, 7) is 1.27. The summed E-state index contributed by atoms with van der Waals surface area (Å²) in [6, 6.07) is 3.83. The molecule has 0 saturated carbocycles. The van der Waals surface area contributed by atoms with Crippen LogP contribution in [0, 0.1) is 0 Å². The van der Waals surface area contributed by atoms with E-state index in [4.69, 9.17) is 22.7 Å². The summed E-state index contributed by atoms with van der Waals surface area (Å²) in [5, 5.41) is 3.15. The molecule has 0 aliphatic carbocycles. The average molecular weight is 304 g/mol. The van der Waals surface area contributed by atoms with E-state index in [1.165, 1.54) is 12.1 Å². The fraction of sp³-hybridized carbons (Fsp3) is 0.462. The Labute approximate surface area is 120 Å². The Morgan fingerprint density at radius 3 is 2.70 bits per heavy atom. The minimum Gasteiger partial charge on any atom is -0.389 e. The standard InChI is InChI=1S/C13H15F3N2OS/c14-13(15,16)11-4-3-8(6-10(11)12(17)20)18-9-2-1-5-19-7-9/h3-4,6,9,18H,1-2,5,7H2,(H2,17,20). The first-order chi connectivity index (χ1) is 9.38. The van der Waals surface area contributed by atoms with Gasteiger partial charge in [0, 0.05) is 23.9 Å². The van der Waals surface area contributed by atoms with E-state index in [-0.39, 0.29) is 16.6 Å². The van der Waals surface area contributed by atoms with Crippen LogP contribution in [-0.4, -0.2) is 24.2 Å². The van der Waals surface area contributed by atoms with E-state index in [1.54, 1.807) is 0 Å². The second kappa shape index (κ2) is 5.97. The predicted octanol–water partition coefficient (Wildman–Crippen LogP) is 2.93. The molecule has 20 heavy (non-hydrogen) atoms. The Hall–Kier alpha value is -1.34. The highest BCUT2D eigenvalue weighted by molar-refractivity contribution is 7.80. The molecule has 1 heterocycles. The second-order valence-corrected chi connectivity index (χ2v) is 5.12. The summed E-state index contributed by atoms with van der Waals surface area (Å²) in [5.74, 6) is 0. The SMILES string of the molecule is NC(=S)c1cc(NC2CCCOC2)ccc1C(F)(F)F. The number of hydrogen-bond acceptors (Lipinski definition) is 3. The van der Waals surface area contributed by atoms with Gasteiger partial charge in [0.25, 0.3) is 0 Å². The maximum absolute atomic E-state index is 12.8. The third-order valence-corrected chi connectivity index (χ3v) is 3.34. The van der Waals surface area contributed by atoms with Crippen LogP contribution in [0.15, 0.2) is 18.2 Å². The number of hydrogen-bond donors (Lipinski definition) is 2. The maximum atomic E-state index is 12.8. The fourth-order valence-corrected chi connectivity index (χ4v) is 2.34. The lowest BCUT2D eigenvalue weighted by atomic mass is 10.0. The lowest BCUT2D eigenvalue weighted by Crippen LogP contribution is -2.30. The summed E-state index contributed by atoms with van der Waals surface area (Å²) in [5.41, 5.74) is 4.99. The summed E-state index contributed by atoms with van der Waals surface area (Å²) < 4.78 is 43.8. The Morgan fingerprint density at radius 2 is 2.15 bits per heavy atom. The van der Waals surface area contributed by atoms with E-state index < -0.39 is 11.7 Å². The van der Waals surface area contributed by atoms with Crippen molar-refractivity contribution in [2.75, 3.05) is 18.5 Å². The van der Waals surface area contributed by atoms with Crippen molar-refractivity contribution >= 4 is 22.9 Å². The molecule has 0 amide bonds. The molecule has 0 aromatic heterocycles. The largest absolute Gasteiger partial charge is 0.417 e. The van der Waals surface area contributed by atoms with Crippen LogP contribution < -0.4 is 11.1 Å². The van der Waals surface area contributed by atoms with Gasteiger partial charge in [-0.05, 0) is 31.0 Å². The second-order valence-electron chi connectivity index (χ2n) is 4.68. The average Bonchev–Trinajstić information content (AvgIpc) is 2.38. The molecule has 110 valence electrons. The molecule has 0 radical (unpaired) electrons. The van der Waals surface area contributed by atoms with E-state index in [0.29, 0.717) is 12.3 Å². The Morgan fingerprint density at radius 1 is 1.40 bits per heavy atom. The first kappa shape index (κ1) is 15.1. The van der Waals surface area contributed by atoms with Gasteiger partial charge in [-0.15, -0.1) is 0 Å². The molecule has 3 N–H and O–H groups in total. The minimum absolute atomic E-state index is 0.0969. The maximum Gasteiger partial charge on any atom is 0.417 e. The Kier molecular flexibility index (Phi) is 4.49. The molecule has 1 aromatic rings. The highest BCUT2D eigenvalue weighted by atomic mass is 32.1. The lowest BCUT2D eigenvalue weighted by Gasteiger charge is -2.24. The molecular formula is C13H15F3N2OS. The van der Waals surface area contributed by atoms with Crippen molar-refractivity contribution in [2.45, 2.75) is 25.1 Å². The summed E-state index contributed by atoms with van der Waals surface area (Å²) in [6.07, 6.45) is -2.62. The fourth-order valence-electron chi connectivity index (χ4n) is 2.18. The molecule has 1 atom stereocenters. The normalized spacial score (nSPS) is 19.6. The van der Waals surface area contributed by atoms with Gasteiger partial charge in [0.1, 0.15) is 4.99 Å². The molecule has 2 rings (SSSR count). The molecule has 1 unspecified atom stereocenters. The summed E-state index contributed by atoms with van der Waals surface area (Å²) in [4.78, 5) is -0.263. The number of ether oxygens (including phenoxy) is 1. The van der Waals surface area contributed by atoms with Crippen LogP contribution in [0.1, 0.15) is 24.0 Å². The molecule has 0 spiro atoms. The third-order valence-electron chi connectivity index (χ3n) is 3.12. The van der Waals surface area contributed by atoms with Crippen LogP contribution in [0.2, 0.25) is 0 Å². The first-order valence-electron chi connectivity index (χ1n) is 6.23. The highest BCUT2D eigenvalue weighted by Crippen LogP contribution is 2.33. The van der Waals surface area contributed by atoms with Gasteiger partial charge in [-0.1, -0.05) is 12.2 Å². The van der Waals surface area contributed by atoms with Crippen LogP contribution in [0.3, 0.4) is 0 Å². The molecule has 7 heteroatoms. The predicted molar refractivity (Wildman–Crippen MR) is 74.8 cm³/mol. The minimum atomic E-state index is -4.47. The van der Waals surface area contributed by atoms with Crippen molar-refractivity contribution in [2.24, 2.45) is 5.73 Å². The highest BCUT2D eigenvalue weighted by Gasteiger charge is 2.34. The van der Waals surface area contributed by atoms with Crippen LogP contribution in [0.5, 0.6) is 0 Å². The van der Waals surface area contributed by atoms with E-state index in [9.17, 15) is 13.2 Å². The number of halogens is 3. The van der Waals surface area contributed by atoms with Gasteiger partial charge in [0.05, 0.1) is 12.2 Å². The topological polar surface area (TPSA) is 47.3 Å². The number of alkyl halides is 3. The summed E-state index contributed by atoms with van der Waals surface area (Å²) >= 11 is 4.71. The van der Waals surface area contributed by atoms with Gasteiger partial charge < -0.3 is 15.8 Å². The van der Waals surface area contributed by atoms with Gasteiger partial charge >= 0.3 is 6.18 Å². The van der Waals surface area contributed by atoms with Gasteiger partial charge in [0.15, 0.2) is 0 Å². The number of nitrogens with two attached hydrogens (primary N) is 1. The van der Waals surface area contributed by atoms with Gasteiger partial charge in [0.2, 0.25) is 0 Å².